The molecule has 1 aromatic rings. The van der Waals surface area contributed by atoms with E-state index in [2.05, 4.69) is 29.6 Å². The van der Waals surface area contributed by atoms with Crippen LogP contribution in [0.5, 0.6) is 0 Å². The van der Waals surface area contributed by atoms with Gasteiger partial charge < -0.3 is 20.6 Å². The lowest BCUT2D eigenvalue weighted by Gasteiger charge is -2.21. The summed E-state index contributed by atoms with van der Waals surface area (Å²) in [6.45, 7) is -0.109. The monoisotopic (exact) mass is 291 g/mol. The van der Waals surface area contributed by atoms with E-state index < -0.39 is 0 Å². The third-order valence-electron chi connectivity index (χ3n) is 4.16. The van der Waals surface area contributed by atoms with Crippen LogP contribution in [0.2, 0.25) is 0 Å². The van der Waals surface area contributed by atoms with Gasteiger partial charge in [0.2, 0.25) is 0 Å². The molecule has 3 N–H and O–H groups in total. The van der Waals surface area contributed by atoms with E-state index in [1.54, 1.807) is 0 Å². The predicted octanol–water partition coefficient (Wildman–Crippen LogP) is 1.50. The molecule has 0 heterocycles. The Morgan fingerprint density at radius 1 is 1.33 bits per heavy atom. The molecule has 1 fully saturated rings. The first kappa shape index (κ1) is 15.8. The average Bonchev–Trinajstić information content (AvgIpc) is 2.94. The highest BCUT2D eigenvalue weighted by atomic mass is 16.3. The number of hydrogen-bond donors (Lipinski definition) is 3. The number of urea groups is 1. The van der Waals surface area contributed by atoms with Crippen LogP contribution in [-0.2, 0) is 0 Å². The molecular weight excluding hydrogens is 266 g/mol. The second-order valence-corrected chi connectivity index (χ2v) is 5.89. The van der Waals surface area contributed by atoms with Gasteiger partial charge in [0.1, 0.15) is 0 Å². The SMILES string of the molecule is CN(C)C1CCC(NC(=O)N[C@H](CO)c2ccccc2)C1. The number of benzene rings is 1. The van der Waals surface area contributed by atoms with Crippen LogP contribution in [0.3, 0.4) is 0 Å². The quantitative estimate of drug-likeness (QED) is 0.770. The van der Waals surface area contributed by atoms with E-state index in [1.807, 2.05) is 30.3 Å². The van der Waals surface area contributed by atoms with Crippen LogP contribution in [0, 0.1) is 0 Å². The number of nitrogens with zero attached hydrogens (tertiary/aromatic N) is 1. The van der Waals surface area contributed by atoms with Crippen molar-refractivity contribution in [3.05, 3.63) is 35.9 Å². The minimum absolute atomic E-state index is 0.109. The molecular formula is C16H25N3O2. The van der Waals surface area contributed by atoms with Crippen LogP contribution in [0.1, 0.15) is 30.9 Å². The molecule has 1 saturated carbocycles. The standard InChI is InChI=1S/C16H25N3O2/c1-19(2)14-9-8-13(10-14)17-16(21)18-15(11-20)12-6-4-3-5-7-12/h3-7,13-15,20H,8-11H2,1-2H3,(H2,17,18,21)/t13?,14?,15-/m1/s1. The van der Waals surface area contributed by atoms with Gasteiger partial charge in [-0.25, -0.2) is 4.79 Å². The zero-order valence-corrected chi connectivity index (χ0v) is 12.7. The second-order valence-electron chi connectivity index (χ2n) is 5.89. The fourth-order valence-corrected chi connectivity index (χ4v) is 2.86. The molecule has 21 heavy (non-hydrogen) atoms. The number of rotatable bonds is 5. The molecule has 0 spiro atoms. The van der Waals surface area contributed by atoms with Crippen molar-refractivity contribution in [3.8, 4) is 0 Å². The highest BCUT2D eigenvalue weighted by Gasteiger charge is 2.27. The van der Waals surface area contributed by atoms with Crippen LogP contribution in [0.15, 0.2) is 30.3 Å². The van der Waals surface area contributed by atoms with E-state index in [0.717, 1.165) is 24.8 Å². The Bertz CT molecular complexity index is 450. The first-order valence-corrected chi connectivity index (χ1v) is 7.49. The molecule has 1 aliphatic carbocycles. The minimum Gasteiger partial charge on any atom is -0.394 e. The largest absolute Gasteiger partial charge is 0.394 e. The Kier molecular flexibility index (Phi) is 5.59. The molecule has 2 unspecified atom stereocenters. The summed E-state index contributed by atoms with van der Waals surface area (Å²) in [4.78, 5) is 14.3. The maximum atomic E-state index is 12.1. The molecule has 116 valence electrons. The Hall–Kier alpha value is -1.59. The van der Waals surface area contributed by atoms with Crippen molar-refractivity contribution in [2.45, 2.75) is 37.4 Å². The highest BCUT2D eigenvalue weighted by Crippen LogP contribution is 2.22. The molecule has 0 aliphatic heterocycles. The van der Waals surface area contributed by atoms with Crippen molar-refractivity contribution in [2.24, 2.45) is 0 Å². The third-order valence-corrected chi connectivity index (χ3v) is 4.16. The average molecular weight is 291 g/mol. The number of aliphatic hydroxyl groups excluding tert-OH is 1. The van der Waals surface area contributed by atoms with Gasteiger partial charge in [-0.2, -0.15) is 0 Å². The number of nitrogens with one attached hydrogen (secondary N) is 2. The van der Waals surface area contributed by atoms with Crippen LogP contribution in [0.4, 0.5) is 4.79 Å². The fourth-order valence-electron chi connectivity index (χ4n) is 2.86. The molecule has 3 atom stereocenters. The number of amides is 2. The second kappa shape index (κ2) is 7.43. The van der Waals surface area contributed by atoms with Crippen molar-refractivity contribution >= 4 is 6.03 Å². The van der Waals surface area contributed by atoms with Gasteiger partial charge in [-0.3, -0.25) is 0 Å². The Balaban J connectivity index is 1.84. The molecule has 0 bridgehead atoms. The van der Waals surface area contributed by atoms with Gasteiger partial charge in [0.25, 0.3) is 0 Å². The van der Waals surface area contributed by atoms with E-state index in [1.165, 1.54) is 0 Å². The zero-order valence-electron chi connectivity index (χ0n) is 12.7. The normalized spacial score (nSPS) is 23.0. The molecule has 5 nitrogen and oxygen atoms in total. The van der Waals surface area contributed by atoms with Gasteiger partial charge in [-0.15, -0.1) is 0 Å². The summed E-state index contributed by atoms with van der Waals surface area (Å²) in [5.74, 6) is 0. The minimum atomic E-state index is -0.364. The molecule has 2 amide bonds. The summed E-state index contributed by atoms with van der Waals surface area (Å²) < 4.78 is 0. The summed E-state index contributed by atoms with van der Waals surface area (Å²) in [5, 5.41) is 15.3. The van der Waals surface area contributed by atoms with Crippen molar-refractivity contribution in [1.82, 2.24) is 15.5 Å². The number of aliphatic hydroxyl groups is 1. The van der Waals surface area contributed by atoms with Crippen molar-refractivity contribution in [3.63, 3.8) is 0 Å². The maximum Gasteiger partial charge on any atom is 0.315 e. The van der Waals surface area contributed by atoms with E-state index in [-0.39, 0.29) is 24.7 Å². The lowest BCUT2D eigenvalue weighted by Crippen LogP contribution is -2.44. The van der Waals surface area contributed by atoms with Crippen molar-refractivity contribution < 1.29 is 9.90 Å². The van der Waals surface area contributed by atoms with Gasteiger partial charge >= 0.3 is 6.03 Å². The van der Waals surface area contributed by atoms with E-state index in [9.17, 15) is 9.90 Å². The van der Waals surface area contributed by atoms with Crippen LogP contribution < -0.4 is 10.6 Å². The van der Waals surface area contributed by atoms with Crippen molar-refractivity contribution in [1.29, 1.82) is 0 Å². The van der Waals surface area contributed by atoms with Crippen LogP contribution >= 0.6 is 0 Å². The smallest absolute Gasteiger partial charge is 0.315 e. The van der Waals surface area contributed by atoms with Crippen molar-refractivity contribution in [2.75, 3.05) is 20.7 Å². The topological polar surface area (TPSA) is 64.6 Å². The summed E-state index contributed by atoms with van der Waals surface area (Å²) >= 11 is 0. The molecule has 0 aromatic heterocycles. The summed E-state index contributed by atoms with van der Waals surface area (Å²) in [7, 11) is 4.15. The van der Waals surface area contributed by atoms with E-state index in [4.69, 9.17) is 0 Å². The Morgan fingerprint density at radius 3 is 2.62 bits per heavy atom. The van der Waals surface area contributed by atoms with E-state index >= 15 is 0 Å². The summed E-state index contributed by atoms with van der Waals surface area (Å²) in [6.07, 6.45) is 3.10. The highest BCUT2D eigenvalue weighted by molar-refractivity contribution is 5.74. The van der Waals surface area contributed by atoms with E-state index in [0.29, 0.717) is 6.04 Å². The predicted molar refractivity (Wildman–Crippen MR) is 83.1 cm³/mol. The summed E-state index contributed by atoms with van der Waals surface area (Å²) in [5.41, 5.74) is 0.910. The lowest BCUT2D eigenvalue weighted by atomic mass is 10.1. The number of hydrogen-bond acceptors (Lipinski definition) is 3. The molecule has 5 heteroatoms. The molecule has 1 aromatic carbocycles. The molecule has 2 rings (SSSR count). The van der Waals surface area contributed by atoms with Gasteiger partial charge in [0.15, 0.2) is 0 Å². The Labute approximate surface area is 126 Å². The first-order valence-electron chi connectivity index (χ1n) is 7.49. The summed E-state index contributed by atoms with van der Waals surface area (Å²) in [6, 6.07) is 9.70. The fraction of sp³-hybridized carbons (Fsp3) is 0.562. The first-order chi connectivity index (χ1) is 10.1. The molecule has 0 radical (unpaired) electrons. The van der Waals surface area contributed by atoms with Gasteiger partial charge in [0, 0.05) is 12.1 Å². The maximum absolute atomic E-state index is 12.1. The third kappa shape index (κ3) is 4.44. The number of carbonyl (C=O) groups is 1. The van der Waals surface area contributed by atoms with Gasteiger partial charge in [-0.05, 0) is 38.9 Å². The lowest BCUT2D eigenvalue weighted by molar-refractivity contribution is 0.213. The van der Waals surface area contributed by atoms with Crippen LogP contribution in [-0.4, -0.2) is 48.8 Å². The van der Waals surface area contributed by atoms with Gasteiger partial charge in [-0.1, -0.05) is 30.3 Å². The Morgan fingerprint density at radius 2 is 2.05 bits per heavy atom. The molecule has 1 aliphatic rings. The van der Waals surface area contributed by atoms with Gasteiger partial charge in [0.05, 0.1) is 12.6 Å². The zero-order chi connectivity index (χ0) is 15.2. The van der Waals surface area contributed by atoms with Crippen LogP contribution in [0.25, 0.3) is 0 Å². The number of carbonyl (C=O) groups excluding carboxylic acids is 1. The molecule has 0 saturated heterocycles.